The zero-order chi connectivity index (χ0) is 13.8. The molecule has 104 valence electrons. The van der Waals surface area contributed by atoms with Crippen molar-refractivity contribution in [2.24, 2.45) is 0 Å². The molecule has 1 saturated carbocycles. The van der Waals surface area contributed by atoms with Crippen molar-refractivity contribution in [1.82, 2.24) is 4.90 Å². The van der Waals surface area contributed by atoms with E-state index in [2.05, 4.69) is 0 Å². The van der Waals surface area contributed by atoms with Crippen molar-refractivity contribution >= 4 is 11.9 Å². The summed E-state index contributed by atoms with van der Waals surface area (Å²) in [5, 5.41) is 8.91. The third-order valence-corrected chi connectivity index (χ3v) is 2.61. The van der Waals surface area contributed by atoms with Gasteiger partial charge in [-0.1, -0.05) is 0 Å². The first kappa shape index (κ1) is 15.0. The number of aliphatic hydroxyl groups is 1. The van der Waals surface area contributed by atoms with Gasteiger partial charge >= 0.3 is 5.97 Å². The Balaban J connectivity index is 2.33. The lowest BCUT2D eigenvalue weighted by molar-refractivity contribution is -0.156. The number of ether oxygens (including phenoxy) is 1. The Bertz CT molecular complexity index is 305. The molecule has 1 fully saturated rings. The molecule has 0 aromatic heterocycles. The van der Waals surface area contributed by atoms with E-state index in [1.165, 1.54) is 0 Å². The maximum Gasteiger partial charge on any atom is 0.306 e. The van der Waals surface area contributed by atoms with Crippen molar-refractivity contribution in [3.63, 3.8) is 0 Å². The summed E-state index contributed by atoms with van der Waals surface area (Å²) >= 11 is 0. The lowest BCUT2D eigenvalue weighted by Gasteiger charge is -2.22. The van der Waals surface area contributed by atoms with Gasteiger partial charge in [0.2, 0.25) is 5.91 Å². The van der Waals surface area contributed by atoms with E-state index in [1.54, 1.807) is 25.7 Å². The molecule has 0 atom stereocenters. The van der Waals surface area contributed by atoms with Crippen LogP contribution in [-0.2, 0) is 14.3 Å². The largest absolute Gasteiger partial charge is 0.460 e. The zero-order valence-electron chi connectivity index (χ0n) is 11.4. The molecule has 0 unspecified atom stereocenters. The number of amides is 1. The van der Waals surface area contributed by atoms with Crippen molar-refractivity contribution in [1.29, 1.82) is 0 Å². The molecule has 1 N–H and O–H groups in total. The van der Waals surface area contributed by atoms with Crippen LogP contribution in [0.1, 0.15) is 46.5 Å². The van der Waals surface area contributed by atoms with E-state index >= 15 is 0 Å². The minimum atomic E-state index is -0.512. The Hall–Kier alpha value is -1.10. The Morgan fingerprint density at radius 1 is 1.28 bits per heavy atom. The summed E-state index contributed by atoms with van der Waals surface area (Å²) in [6, 6.07) is 0.267. The Kier molecular flexibility index (Phi) is 5.14. The van der Waals surface area contributed by atoms with Gasteiger partial charge in [0.25, 0.3) is 0 Å². The lowest BCUT2D eigenvalue weighted by Crippen LogP contribution is -2.36. The zero-order valence-corrected chi connectivity index (χ0v) is 11.4. The molecule has 5 heteroatoms. The van der Waals surface area contributed by atoms with E-state index in [9.17, 15) is 9.59 Å². The highest BCUT2D eigenvalue weighted by molar-refractivity contribution is 5.82. The Morgan fingerprint density at radius 3 is 2.33 bits per heavy atom. The molecule has 5 nitrogen and oxygen atoms in total. The number of hydrogen-bond donors (Lipinski definition) is 1. The van der Waals surface area contributed by atoms with Crippen molar-refractivity contribution in [3.05, 3.63) is 0 Å². The normalized spacial score (nSPS) is 15.3. The smallest absolute Gasteiger partial charge is 0.306 e. The third kappa shape index (κ3) is 5.49. The fraction of sp³-hybridized carbons (Fsp3) is 0.846. The molecule has 0 spiro atoms. The number of nitrogens with zero attached hydrogens (tertiary/aromatic N) is 1. The van der Waals surface area contributed by atoms with Gasteiger partial charge in [-0.05, 0) is 33.6 Å². The van der Waals surface area contributed by atoms with E-state index in [0.29, 0.717) is 6.54 Å². The van der Waals surface area contributed by atoms with E-state index in [0.717, 1.165) is 12.8 Å². The number of aliphatic hydroxyl groups excluding tert-OH is 1. The molecule has 0 aliphatic heterocycles. The second-order valence-corrected chi connectivity index (χ2v) is 5.63. The van der Waals surface area contributed by atoms with Crippen LogP contribution in [0.4, 0.5) is 0 Å². The molecule has 0 bridgehead atoms. The van der Waals surface area contributed by atoms with Gasteiger partial charge in [-0.15, -0.1) is 0 Å². The Labute approximate surface area is 108 Å². The highest BCUT2D eigenvalue weighted by Gasteiger charge is 2.32. The summed E-state index contributed by atoms with van der Waals surface area (Å²) in [7, 11) is 0. The first-order valence-corrected chi connectivity index (χ1v) is 6.45. The van der Waals surface area contributed by atoms with Crippen molar-refractivity contribution in [2.75, 3.05) is 13.2 Å². The predicted molar refractivity (Wildman–Crippen MR) is 66.9 cm³/mol. The molecule has 0 radical (unpaired) electrons. The summed E-state index contributed by atoms with van der Waals surface area (Å²) in [6.07, 6.45) is 2.26. The van der Waals surface area contributed by atoms with Crippen LogP contribution in [0, 0.1) is 0 Å². The third-order valence-electron chi connectivity index (χ3n) is 2.61. The summed E-state index contributed by atoms with van der Waals surface area (Å²) in [5.41, 5.74) is -0.512. The first-order valence-electron chi connectivity index (χ1n) is 6.45. The summed E-state index contributed by atoms with van der Waals surface area (Å²) in [6.45, 7) is 5.73. The van der Waals surface area contributed by atoms with Gasteiger partial charge in [-0.2, -0.15) is 0 Å². The maximum absolute atomic E-state index is 11.9. The molecule has 18 heavy (non-hydrogen) atoms. The van der Waals surface area contributed by atoms with Crippen LogP contribution in [0.25, 0.3) is 0 Å². The number of rotatable bonds is 6. The van der Waals surface area contributed by atoms with E-state index in [4.69, 9.17) is 9.84 Å². The van der Waals surface area contributed by atoms with Crippen LogP contribution < -0.4 is 0 Å². The molecule has 0 saturated heterocycles. The highest BCUT2D eigenvalue weighted by atomic mass is 16.6. The average molecular weight is 257 g/mol. The van der Waals surface area contributed by atoms with Gasteiger partial charge in [-0.25, -0.2) is 0 Å². The summed E-state index contributed by atoms with van der Waals surface area (Å²) < 4.78 is 5.14. The fourth-order valence-electron chi connectivity index (χ4n) is 1.75. The SMILES string of the molecule is CC(C)(C)OC(=O)CCC(=O)N(CCO)C1CC1. The number of esters is 1. The van der Waals surface area contributed by atoms with Crippen LogP contribution in [0.15, 0.2) is 0 Å². The minimum absolute atomic E-state index is 0.0331. The molecule has 0 aromatic rings. The average Bonchev–Trinajstić information content (AvgIpc) is 3.04. The molecule has 0 aromatic carbocycles. The molecule has 1 rings (SSSR count). The molecular formula is C13H23NO4. The second kappa shape index (κ2) is 6.18. The number of carbonyl (C=O) groups excluding carboxylic acids is 2. The lowest BCUT2D eigenvalue weighted by atomic mass is 10.2. The fourth-order valence-corrected chi connectivity index (χ4v) is 1.75. The molecule has 1 amide bonds. The predicted octanol–water partition coefficient (Wildman–Crippen LogP) is 1.09. The van der Waals surface area contributed by atoms with Gasteiger partial charge < -0.3 is 14.7 Å². The van der Waals surface area contributed by atoms with Crippen LogP contribution in [0.5, 0.6) is 0 Å². The van der Waals surface area contributed by atoms with Crippen LogP contribution in [0.3, 0.4) is 0 Å². The second-order valence-electron chi connectivity index (χ2n) is 5.63. The van der Waals surface area contributed by atoms with Crippen LogP contribution >= 0.6 is 0 Å². The van der Waals surface area contributed by atoms with Gasteiger partial charge in [0, 0.05) is 19.0 Å². The van der Waals surface area contributed by atoms with Crippen molar-refractivity contribution in [2.45, 2.75) is 58.1 Å². The Morgan fingerprint density at radius 2 is 1.89 bits per heavy atom. The van der Waals surface area contributed by atoms with Crippen molar-refractivity contribution < 1.29 is 19.4 Å². The minimum Gasteiger partial charge on any atom is -0.460 e. The quantitative estimate of drug-likeness (QED) is 0.723. The summed E-state index contributed by atoms with van der Waals surface area (Å²) in [5.74, 6) is -0.423. The monoisotopic (exact) mass is 257 g/mol. The van der Waals surface area contributed by atoms with Gasteiger partial charge in [-0.3, -0.25) is 9.59 Å². The standard InChI is InChI=1S/C13H23NO4/c1-13(2,3)18-12(17)7-6-11(16)14(8-9-15)10-4-5-10/h10,15H,4-9H2,1-3H3. The van der Waals surface area contributed by atoms with Crippen LogP contribution in [0.2, 0.25) is 0 Å². The van der Waals surface area contributed by atoms with Gasteiger partial charge in [0.15, 0.2) is 0 Å². The molecule has 1 aliphatic carbocycles. The molecule has 1 aliphatic rings. The van der Waals surface area contributed by atoms with Crippen LogP contribution in [-0.4, -0.2) is 46.7 Å². The highest BCUT2D eigenvalue weighted by Crippen LogP contribution is 2.27. The molecular weight excluding hydrogens is 234 g/mol. The maximum atomic E-state index is 11.9. The summed E-state index contributed by atoms with van der Waals surface area (Å²) in [4.78, 5) is 25.0. The number of carbonyl (C=O) groups is 2. The van der Waals surface area contributed by atoms with Crippen molar-refractivity contribution in [3.8, 4) is 0 Å². The number of hydrogen-bond acceptors (Lipinski definition) is 4. The first-order chi connectivity index (χ1) is 8.33. The van der Waals surface area contributed by atoms with Gasteiger partial charge in [0.05, 0.1) is 13.0 Å². The van der Waals surface area contributed by atoms with E-state index in [-0.39, 0.29) is 37.4 Å². The van der Waals surface area contributed by atoms with Gasteiger partial charge in [0.1, 0.15) is 5.60 Å². The molecule has 0 heterocycles. The topological polar surface area (TPSA) is 66.8 Å². The van der Waals surface area contributed by atoms with E-state index < -0.39 is 5.60 Å². The van der Waals surface area contributed by atoms with E-state index in [1.807, 2.05) is 0 Å².